The smallest absolute Gasteiger partial charge is 0.145 e. The number of aryl methyl sites for hydroxylation is 1. The van der Waals surface area contributed by atoms with Gasteiger partial charge in [-0.2, -0.15) is 4.73 Å². The van der Waals surface area contributed by atoms with Gasteiger partial charge in [0.25, 0.3) is 0 Å². The van der Waals surface area contributed by atoms with Crippen molar-refractivity contribution >= 4 is 5.71 Å². The molecule has 1 aromatic rings. The van der Waals surface area contributed by atoms with Gasteiger partial charge < -0.3 is 10.4 Å². The van der Waals surface area contributed by atoms with Crippen LogP contribution >= 0.6 is 0 Å². The molecule has 1 aliphatic carbocycles. The van der Waals surface area contributed by atoms with Crippen LogP contribution in [0.15, 0.2) is 5.16 Å². The molecule has 0 atom stereocenters. The first-order valence-electron chi connectivity index (χ1n) is 4.79. The number of nitrogens with zero attached hydrogens (tertiary/aromatic N) is 3. The predicted molar refractivity (Wildman–Crippen MR) is 50.1 cm³/mol. The molecule has 1 heterocycles. The molecule has 2 N–H and O–H groups in total. The van der Waals surface area contributed by atoms with Crippen LogP contribution in [0.3, 0.4) is 0 Å². The molecule has 0 bridgehead atoms. The summed E-state index contributed by atoms with van der Waals surface area (Å²) in [5, 5.41) is 21.7. The summed E-state index contributed by atoms with van der Waals surface area (Å²) >= 11 is 0. The fourth-order valence-corrected chi connectivity index (χ4v) is 1.82. The topological polar surface area (TPSA) is 70.6 Å². The van der Waals surface area contributed by atoms with Gasteiger partial charge in [-0.1, -0.05) is 12.1 Å². The van der Waals surface area contributed by atoms with Crippen LogP contribution in [0.5, 0.6) is 0 Å². The van der Waals surface area contributed by atoms with E-state index in [0.717, 1.165) is 29.7 Å². The number of hydrogen-bond acceptors (Lipinski definition) is 4. The standard InChI is InChI=1S/C9H13N3O2/c1-2-8-10-9-6(11-13)4-3-5-7(9)12(8)14/h13-14H,2-5H2,1H3. The minimum atomic E-state index is 0.578. The van der Waals surface area contributed by atoms with Crippen LogP contribution in [0.1, 0.15) is 37.0 Å². The third-order valence-electron chi connectivity index (χ3n) is 2.55. The highest BCUT2D eigenvalue weighted by atomic mass is 16.5. The Labute approximate surface area is 81.6 Å². The summed E-state index contributed by atoms with van der Waals surface area (Å²) in [5.41, 5.74) is 1.99. The summed E-state index contributed by atoms with van der Waals surface area (Å²) in [6.07, 6.45) is 3.07. The molecular weight excluding hydrogens is 182 g/mol. The second-order valence-electron chi connectivity index (χ2n) is 3.39. The van der Waals surface area contributed by atoms with Crippen molar-refractivity contribution < 1.29 is 10.4 Å². The maximum Gasteiger partial charge on any atom is 0.145 e. The van der Waals surface area contributed by atoms with E-state index >= 15 is 0 Å². The maximum atomic E-state index is 9.71. The van der Waals surface area contributed by atoms with Crippen LogP contribution in [0, 0.1) is 0 Å². The molecule has 2 rings (SSSR count). The molecule has 14 heavy (non-hydrogen) atoms. The van der Waals surface area contributed by atoms with E-state index in [4.69, 9.17) is 5.21 Å². The highest BCUT2D eigenvalue weighted by molar-refractivity contribution is 6.00. The molecule has 1 aliphatic rings. The largest absolute Gasteiger partial charge is 0.427 e. The van der Waals surface area contributed by atoms with Crippen molar-refractivity contribution in [2.75, 3.05) is 0 Å². The fourth-order valence-electron chi connectivity index (χ4n) is 1.82. The van der Waals surface area contributed by atoms with E-state index in [-0.39, 0.29) is 0 Å². The van der Waals surface area contributed by atoms with Crippen molar-refractivity contribution in [3.05, 3.63) is 17.2 Å². The highest BCUT2D eigenvalue weighted by Crippen LogP contribution is 2.21. The summed E-state index contributed by atoms with van der Waals surface area (Å²) in [7, 11) is 0. The van der Waals surface area contributed by atoms with Crippen LogP contribution in [0.25, 0.3) is 0 Å². The maximum absolute atomic E-state index is 9.71. The number of hydrogen-bond donors (Lipinski definition) is 2. The van der Waals surface area contributed by atoms with Gasteiger partial charge in [0.05, 0.1) is 5.69 Å². The fraction of sp³-hybridized carbons (Fsp3) is 0.556. The normalized spacial score (nSPS) is 18.5. The average Bonchev–Trinajstić information content (AvgIpc) is 2.55. The summed E-state index contributed by atoms with van der Waals surface area (Å²) in [6, 6.07) is 0. The number of fused-ring (bicyclic) bond motifs is 1. The molecule has 0 spiro atoms. The van der Waals surface area contributed by atoms with Crippen molar-refractivity contribution in [1.82, 2.24) is 9.71 Å². The molecule has 0 saturated heterocycles. The molecule has 5 nitrogen and oxygen atoms in total. The van der Waals surface area contributed by atoms with Crippen molar-refractivity contribution in [2.24, 2.45) is 5.16 Å². The molecule has 0 aliphatic heterocycles. The van der Waals surface area contributed by atoms with E-state index in [9.17, 15) is 5.21 Å². The molecule has 1 aromatic heterocycles. The van der Waals surface area contributed by atoms with Gasteiger partial charge in [-0.25, -0.2) is 4.98 Å². The van der Waals surface area contributed by atoms with Gasteiger partial charge in [-0.15, -0.1) is 0 Å². The molecular formula is C9H13N3O2. The zero-order valence-electron chi connectivity index (χ0n) is 8.06. The first-order valence-corrected chi connectivity index (χ1v) is 4.79. The van der Waals surface area contributed by atoms with Crippen LogP contribution in [-0.4, -0.2) is 25.8 Å². The molecule has 76 valence electrons. The van der Waals surface area contributed by atoms with Crippen molar-refractivity contribution in [1.29, 1.82) is 0 Å². The number of aromatic nitrogens is 2. The Kier molecular flexibility index (Phi) is 2.15. The van der Waals surface area contributed by atoms with E-state index in [1.54, 1.807) is 0 Å². The molecule has 0 unspecified atom stereocenters. The third-order valence-corrected chi connectivity index (χ3v) is 2.55. The van der Waals surface area contributed by atoms with Gasteiger partial charge in [0.15, 0.2) is 0 Å². The molecule has 0 saturated carbocycles. The number of rotatable bonds is 1. The van der Waals surface area contributed by atoms with E-state index in [0.29, 0.717) is 23.7 Å². The van der Waals surface area contributed by atoms with Crippen LogP contribution in [0.2, 0.25) is 0 Å². The Morgan fingerprint density at radius 3 is 2.93 bits per heavy atom. The SMILES string of the molecule is CCc1nc2c(n1O)CCCC2=NO. The van der Waals surface area contributed by atoms with Gasteiger partial charge in [0, 0.05) is 6.42 Å². The zero-order chi connectivity index (χ0) is 10.1. The van der Waals surface area contributed by atoms with Crippen molar-refractivity contribution in [3.63, 3.8) is 0 Å². The van der Waals surface area contributed by atoms with E-state index < -0.39 is 0 Å². The Morgan fingerprint density at radius 1 is 1.50 bits per heavy atom. The first kappa shape index (κ1) is 9.05. The predicted octanol–water partition coefficient (Wildman–Crippen LogP) is 1.20. The summed E-state index contributed by atoms with van der Waals surface area (Å²) < 4.78 is 1.12. The minimum absolute atomic E-state index is 0.578. The monoisotopic (exact) mass is 195 g/mol. The molecule has 5 heteroatoms. The van der Waals surface area contributed by atoms with Crippen molar-refractivity contribution in [2.45, 2.75) is 32.6 Å². The number of oxime groups is 1. The Morgan fingerprint density at radius 2 is 2.29 bits per heavy atom. The van der Waals surface area contributed by atoms with E-state index in [2.05, 4.69) is 10.1 Å². The minimum Gasteiger partial charge on any atom is -0.427 e. The molecule has 0 aromatic carbocycles. The summed E-state index contributed by atoms with van der Waals surface area (Å²) in [6.45, 7) is 1.93. The first-order chi connectivity index (χ1) is 6.77. The summed E-state index contributed by atoms with van der Waals surface area (Å²) in [5.74, 6) is 0.623. The summed E-state index contributed by atoms with van der Waals surface area (Å²) in [4.78, 5) is 4.24. The number of imidazole rings is 1. The lowest BCUT2D eigenvalue weighted by atomic mass is 9.99. The lowest BCUT2D eigenvalue weighted by Crippen LogP contribution is -2.13. The van der Waals surface area contributed by atoms with E-state index in [1.165, 1.54) is 0 Å². The van der Waals surface area contributed by atoms with Gasteiger partial charge >= 0.3 is 0 Å². The van der Waals surface area contributed by atoms with Gasteiger partial charge in [0.1, 0.15) is 17.2 Å². The van der Waals surface area contributed by atoms with E-state index in [1.807, 2.05) is 6.92 Å². The second-order valence-corrected chi connectivity index (χ2v) is 3.39. The highest BCUT2D eigenvalue weighted by Gasteiger charge is 2.24. The van der Waals surface area contributed by atoms with Crippen LogP contribution < -0.4 is 0 Å². The van der Waals surface area contributed by atoms with Crippen molar-refractivity contribution in [3.8, 4) is 0 Å². The second kappa shape index (κ2) is 3.32. The zero-order valence-corrected chi connectivity index (χ0v) is 8.06. The Bertz CT molecular complexity index is 382. The third kappa shape index (κ3) is 1.16. The quantitative estimate of drug-likeness (QED) is 0.402. The Hall–Kier alpha value is -1.52. The van der Waals surface area contributed by atoms with Gasteiger partial charge in [-0.3, -0.25) is 0 Å². The van der Waals surface area contributed by atoms with Gasteiger partial charge in [0.2, 0.25) is 0 Å². The Balaban J connectivity index is 2.54. The van der Waals surface area contributed by atoms with Crippen LogP contribution in [-0.2, 0) is 12.8 Å². The molecule has 0 amide bonds. The lowest BCUT2D eigenvalue weighted by molar-refractivity contribution is 0.166. The lowest BCUT2D eigenvalue weighted by Gasteiger charge is -2.11. The molecule has 0 fully saturated rings. The van der Waals surface area contributed by atoms with Crippen LogP contribution in [0.4, 0.5) is 0 Å². The average molecular weight is 195 g/mol. The van der Waals surface area contributed by atoms with Gasteiger partial charge in [-0.05, 0) is 19.3 Å². The molecule has 0 radical (unpaired) electrons.